The molecule has 0 aliphatic heterocycles. The summed E-state index contributed by atoms with van der Waals surface area (Å²) in [5.74, 6) is 0. The highest BCUT2D eigenvalue weighted by Gasteiger charge is 2.31. The van der Waals surface area contributed by atoms with Gasteiger partial charge >= 0.3 is 0 Å². The van der Waals surface area contributed by atoms with E-state index in [1.165, 1.54) is 15.7 Å². The standard InChI is InChI=1S/C13H18ClNO2S2/c1-10-6-8-11(9-7-10)19(16,17)15(2)18-13-5-3-4-12(13)14/h6-9,12-13H,3-5H2,1-2H3. The minimum Gasteiger partial charge on any atom is -0.206 e. The predicted molar refractivity (Wildman–Crippen MR) is 81.0 cm³/mol. The van der Waals surface area contributed by atoms with Crippen molar-refractivity contribution < 1.29 is 8.42 Å². The highest BCUT2D eigenvalue weighted by Crippen LogP contribution is 2.36. The zero-order chi connectivity index (χ0) is 14.0. The van der Waals surface area contributed by atoms with Crippen molar-refractivity contribution in [1.29, 1.82) is 0 Å². The van der Waals surface area contributed by atoms with Crippen molar-refractivity contribution in [3.05, 3.63) is 29.8 Å². The Morgan fingerprint density at radius 3 is 2.42 bits per heavy atom. The summed E-state index contributed by atoms with van der Waals surface area (Å²) in [6, 6.07) is 6.92. The van der Waals surface area contributed by atoms with Gasteiger partial charge < -0.3 is 0 Å². The lowest BCUT2D eigenvalue weighted by molar-refractivity contribution is 0.563. The summed E-state index contributed by atoms with van der Waals surface area (Å²) in [6.07, 6.45) is 3.02. The van der Waals surface area contributed by atoms with E-state index < -0.39 is 10.0 Å². The molecular weight excluding hydrogens is 302 g/mol. The number of sulfonamides is 1. The SMILES string of the molecule is Cc1ccc(S(=O)(=O)N(C)SC2CCCC2Cl)cc1. The summed E-state index contributed by atoms with van der Waals surface area (Å²) in [6.45, 7) is 1.94. The molecule has 106 valence electrons. The van der Waals surface area contributed by atoms with Crippen LogP contribution in [0.25, 0.3) is 0 Å². The third kappa shape index (κ3) is 3.45. The van der Waals surface area contributed by atoms with Crippen LogP contribution in [0.1, 0.15) is 24.8 Å². The molecule has 0 bridgehead atoms. The molecule has 6 heteroatoms. The Kier molecular flexibility index (Phi) is 4.82. The van der Waals surface area contributed by atoms with Crippen molar-refractivity contribution in [1.82, 2.24) is 3.71 Å². The first kappa shape index (κ1) is 15.2. The first-order valence-corrected chi connectivity index (χ1v) is 8.99. The molecule has 2 unspecified atom stereocenters. The van der Waals surface area contributed by atoms with Crippen molar-refractivity contribution in [2.24, 2.45) is 0 Å². The zero-order valence-electron chi connectivity index (χ0n) is 11.0. The van der Waals surface area contributed by atoms with Crippen LogP contribution in [-0.4, -0.2) is 29.8 Å². The molecule has 1 aromatic rings. The molecule has 0 aromatic heterocycles. The molecule has 1 saturated carbocycles. The number of hydrogen-bond donors (Lipinski definition) is 0. The van der Waals surface area contributed by atoms with Gasteiger partial charge in [0, 0.05) is 17.7 Å². The van der Waals surface area contributed by atoms with Gasteiger partial charge in [-0.1, -0.05) is 36.1 Å². The monoisotopic (exact) mass is 319 g/mol. The summed E-state index contributed by atoms with van der Waals surface area (Å²) < 4.78 is 26.2. The highest BCUT2D eigenvalue weighted by atomic mass is 35.5. The second-order valence-electron chi connectivity index (χ2n) is 4.82. The van der Waals surface area contributed by atoms with Gasteiger partial charge in [-0.15, -0.1) is 15.3 Å². The van der Waals surface area contributed by atoms with E-state index >= 15 is 0 Å². The van der Waals surface area contributed by atoms with Gasteiger partial charge in [0.05, 0.1) is 4.90 Å². The molecule has 0 saturated heterocycles. The smallest absolute Gasteiger partial charge is 0.206 e. The Morgan fingerprint density at radius 2 is 1.89 bits per heavy atom. The maximum absolute atomic E-state index is 12.4. The van der Waals surface area contributed by atoms with Crippen molar-refractivity contribution in [3.8, 4) is 0 Å². The number of hydrogen-bond acceptors (Lipinski definition) is 3. The maximum Gasteiger partial charge on any atom is 0.252 e. The molecular formula is C13H18ClNO2S2. The molecule has 19 heavy (non-hydrogen) atoms. The molecule has 0 N–H and O–H groups in total. The summed E-state index contributed by atoms with van der Waals surface area (Å²) in [5, 5.41) is 0.257. The molecule has 2 rings (SSSR count). The quantitative estimate of drug-likeness (QED) is 0.630. The Morgan fingerprint density at radius 1 is 1.26 bits per heavy atom. The first-order valence-electron chi connectivity index (χ1n) is 6.27. The van der Waals surface area contributed by atoms with Gasteiger partial charge in [0.15, 0.2) is 0 Å². The molecule has 0 spiro atoms. The Balaban J connectivity index is 2.12. The van der Waals surface area contributed by atoms with E-state index in [2.05, 4.69) is 0 Å². The molecule has 0 amide bonds. The minimum absolute atomic E-state index is 0.0701. The van der Waals surface area contributed by atoms with Crippen LogP contribution in [0.3, 0.4) is 0 Å². The number of halogens is 1. The Bertz CT molecular complexity index is 530. The summed E-state index contributed by atoms with van der Waals surface area (Å²) >= 11 is 7.53. The fourth-order valence-corrected chi connectivity index (χ4v) is 5.27. The van der Waals surface area contributed by atoms with Crippen LogP contribution >= 0.6 is 23.5 Å². The average molecular weight is 320 g/mol. The molecule has 0 radical (unpaired) electrons. The fourth-order valence-electron chi connectivity index (χ4n) is 2.11. The largest absolute Gasteiger partial charge is 0.252 e. The lowest BCUT2D eigenvalue weighted by Crippen LogP contribution is -2.25. The van der Waals surface area contributed by atoms with E-state index in [0.29, 0.717) is 4.90 Å². The van der Waals surface area contributed by atoms with Gasteiger partial charge in [0.1, 0.15) is 0 Å². The van der Waals surface area contributed by atoms with E-state index in [9.17, 15) is 8.42 Å². The van der Waals surface area contributed by atoms with E-state index in [-0.39, 0.29) is 10.6 Å². The van der Waals surface area contributed by atoms with Crippen molar-refractivity contribution in [3.63, 3.8) is 0 Å². The number of alkyl halides is 1. The average Bonchev–Trinajstić information content (AvgIpc) is 2.75. The van der Waals surface area contributed by atoms with Gasteiger partial charge in [-0.2, -0.15) is 0 Å². The van der Waals surface area contributed by atoms with Gasteiger partial charge in [-0.05, 0) is 31.9 Å². The third-order valence-corrected chi connectivity index (χ3v) is 7.51. The molecule has 1 aliphatic rings. The lowest BCUT2D eigenvalue weighted by Gasteiger charge is -2.21. The van der Waals surface area contributed by atoms with Crippen LogP contribution in [0.2, 0.25) is 0 Å². The van der Waals surface area contributed by atoms with E-state index in [0.717, 1.165) is 24.8 Å². The molecule has 1 fully saturated rings. The number of nitrogens with zero attached hydrogens (tertiary/aromatic N) is 1. The second-order valence-corrected chi connectivity index (χ2v) is 8.94. The second kappa shape index (κ2) is 6.04. The number of aryl methyl sites for hydroxylation is 1. The van der Waals surface area contributed by atoms with Crippen LogP contribution in [0.4, 0.5) is 0 Å². The number of benzene rings is 1. The Hall–Kier alpha value is -0.230. The lowest BCUT2D eigenvalue weighted by atomic mass is 10.2. The maximum atomic E-state index is 12.4. The Labute approximate surface area is 124 Å². The van der Waals surface area contributed by atoms with Crippen molar-refractivity contribution in [2.75, 3.05) is 7.05 Å². The van der Waals surface area contributed by atoms with Crippen LogP contribution in [0.5, 0.6) is 0 Å². The summed E-state index contributed by atoms with van der Waals surface area (Å²) in [7, 11) is -1.83. The number of rotatable bonds is 4. The van der Waals surface area contributed by atoms with Crippen LogP contribution in [0.15, 0.2) is 29.2 Å². The van der Waals surface area contributed by atoms with Gasteiger partial charge in [-0.3, -0.25) is 0 Å². The highest BCUT2D eigenvalue weighted by molar-refractivity contribution is 8.08. The minimum atomic E-state index is -3.43. The van der Waals surface area contributed by atoms with E-state index in [1.807, 2.05) is 19.1 Å². The zero-order valence-corrected chi connectivity index (χ0v) is 13.4. The van der Waals surface area contributed by atoms with Gasteiger partial charge in [0.25, 0.3) is 10.0 Å². The predicted octanol–water partition coefficient (Wildman–Crippen LogP) is 3.42. The molecule has 0 heterocycles. The fraction of sp³-hybridized carbons (Fsp3) is 0.538. The van der Waals surface area contributed by atoms with Gasteiger partial charge in [-0.25, -0.2) is 8.42 Å². The summed E-state index contributed by atoms with van der Waals surface area (Å²) in [4.78, 5) is 0.331. The molecule has 1 aromatic carbocycles. The van der Waals surface area contributed by atoms with Crippen LogP contribution in [-0.2, 0) is 10.0 Å². The van der Waals surface area contributed by atoms with Crippen LogP contribution < -0.4 is 0 Å². The van der Waals surface area contributed by atoms with Crippen LogP contribution in [0, 0.1) is 6.92 Å². The summed E-state index contributed by atoms with van der Waals surface area (Å²) in [5.41, 5.74) is 1.05. The van der Waals surface area contributed by atoms with E-state index in [4.69, 9.17) is 11.6 Å². The molecule has 3 nitrogen and oxygen atoms in total. The molecule has 2 atom stereocenters. The molecule has 1 aliphatic carbocycles. The van der Waals surface area contributed by atoms with Crippen molar-refractivity contribution >= 4 is 33.6 Å². The normalized spacial score (nSPS) is 24.0. The third-order valence-electron chi connectivity index (χ3n) is 3.31. The topological polar surface area (TPSA) is 37.4 Å². The first-order chi connectivity index (χ1) is 8.91. The van der Waals surface area contributed by atoms with E-state index in [1.54, 1.807) is 19.2 Å². The van der Waals surface area contributed by atoms with Crippen molar-refractivity contribution in [2.45, 2.75) is 41.7 Å². The van der Waals surface area contributed by atoms with Gasteiger partial charge in [0.2, 0.25) is 0 Å².